The number of carbonyl (C=O) groups is 2. The van der Waals surface area contributed by atoms with Crippen molar-refractivity contribution in [2.24, 2.45) is 5.92 Å². The topological polar surface area (TPSA) is 63.6 Å². The zero-order chi connectivity index (χ0) is 19.5. The molecule has 4 heteroatoms. The quantitative estimate of drug-likeness (QED) is 0.721. The lowest BCUT2D eigenvalue weighted by Gasteiger charge is -2.24. The maximum atomic E-state index is 12.8. The first-order valence-corrected chi connectivity index (χ1v) is 8.75. The molecule has 2 aromatic rings. The van der Waals surface area contributed by atoms with Crippen LogP contribution in [-0.2, 0) is 4.79 Å². The first-order valence-electron chi connectivity index (χ1n) is 8.75. The molecule has 2 aromatic carbocycles. The molecule has 1 N–H and O–H groups in total. The van der Waals surface area contributed by atoms with Crippen molar-refractivity contribution in [3.63, 3.8) is 0 Å². The van der Waals surface area contributed by atoms with E-state index >= 15 is 0 Å². The minimum absolute atomic E-state index is 0.0275. The molecule has 2 atom stereocenters. The summed E-state index contributed by atoms with van der Waals surface area (Å²) in [6.07, 6.45) is 0. The molecule has 2 unspecified atom stereocenters. The van der Waals surface area contributed by atoms with Crippen LogP contribution in [0.3, 0.4) is 0 Å². The third-order valence-corrected chi connectivity index (χ3v) is 4.77. The monoisotopic (exact) mass is 354 g/mol. The van der Waals surface area contributed by atoms with Crippen LogP contribution >= 0.6 is 0 Å². The second-order valence-corrected chi connectivity index (χ2v) is 7.30. The van der Waals surface area contributed by atoms with Crippen molar-refractivity contribution < 1.29 is 19.4 Å². The molecule has 0 spiro atoms. The van der Waals surface area contributed by atoms with Gasteiger partial charge in [-0.15, -0.1) is 0 Å². The molecule has 0 fully saturated rings. The summed E-state index contributed by atoms with van der Waals surface area (Å²) >= 11 is 0. The minimum Gasteiger partial charge on any atom is -0.478 e. The van der Waals surface area contributed by atoms with Gasteiger partial charge in [0.1, 0.15) is 5.75 Å². The first kappa shape index (κ1) is 19.7. The van der Waals surface area contributed by atoms with Gasteiger partial charge >= 0.3 is 5.97 Å². The lowest BCUT2D eigenvalue weighted by molar-refractivity contribution is -0.152. The number of carboxylic acid groups (broad SMARTS) is 1. The Morgan fingerprint density at radius 3 is 2.23 bits per heavy atom. The Kier molecular flexibility index (Phi) is 5.86. The van der Waals surface area contributed by atoms with Gasteiger partial charge in [0.25, 0.3) is 0 Å². The molecule has 2 rings (SSSR count). The molecule has 0 bridgehead atoms. The summed E-state index contributed by atoms with van der Waals surface area (Å²) in [6.45, 7) is 8.92. The molecular formula is C22H26O4. The van der Waals surface area contributed by atoms with Gasteiger partial charge < -0.3 is 9.84 Å². The highest BCUT2D eigenvalue weighted by atomic mass is 16.5. The van der Waals surface area contributed by atoms with Gasteiger partial charge in [-0.1, -0.05) is 55.8 Å². The van der Waals surface area contributed by atoms with E-state index in [1.165, 1.54) is 13.8 Å². The van der Waals surface area contributed by atoms with Crippen molar-refractivity contribution in [3.8, 4) is 5.75 Å². The maximum Gasteiger partial charge on any atom is 0.347 e. The maximum absolute atomic E-state index is 12.8. The Hall–Kier alpha value is -2.62. The summed E-state index contributed by atoms with van der Waals surface area (Å²) in [5.74, 6) is -0.689. The smallest absolute Gasteiger partial charge is 0.347 e. The number of aryl methyl sites for hydroxylation is 1. The lowest BCUT2D eigenvalue weighted by atomic mass is 9.83. The van der Waals surface area contributed by atoms with Gasteiger partial charge in [-0.05, 0) is 44.4 Å². The fraction of sp³-hybridized carbons (Fsp3) is 0.364. The Balaban J connectivity index is 2.19. The molecule has 0 radical (unpaired) electrons. The van der Waals surface area contributed by atoms with Crippen LogP contribution in [0.4, 0.5) is 0 Å². The molecule has 0 aromatic heterocycles. The second-order valence-electron chi connectivity index (χ2n) is 7.30. The average molecular weight is 354 g/mol. The zero-order valence-corrected chi connectivity index (χ0v) is 15.9. The van der Waals surface area contributed by atoms with Crippen LogP contribution in [0.25, 0.3) is 0 Å². The number of ketones is 1. The highest BCUT2D eigenvalue weighted by molar-refractivity contribution is 5.98. The van der Waals surface area contributed by atoms with Crippen molar-refractivity contribution in [2.75, 3.05) is 0 Å². The zero-order valence-electron chi connectivity index (χ0n) is 15.9. The number of rotatable bonds is 7. The summed E-state index contributed by atoms with van der Waals surface area (Å²) in [5.41, 5.74) is 1.45. The number of hydrogen-bond acceptors (Lipinski definition) is 3. The summed E-state index contributed by atoms with van der Waals surface area (Å²) < 4.78 is 5.61. The van der Waals surface area contributed by atoms with Crippen LogP contribution in [0, 0.1) is 12.8 Å². The Morgan fingerprint density at radius 1 is 1.04 bits per heavy atom. The molecule has 0 heterocycles. The predicted octanol–water partition coefficient (Wildman–Crippen LogP) is 4.86. The van der Waals surface area contributed by atoms with Crippen LogP contribution < -0.4 is 4.74 Å². The summed E-state index contributed by atoms with van der Waals surface area (Å²) in [5, 5.41) is 9.22. The normalized spacial score (nSPS) is 13.7. The van der Waals surface area contributed by atoms with Crippen LogP contribution in [-0.4, -0.2) is 22.5 Å². The third-order valence-electron chi connectivity index (χ3n) is 4.77. The summed E-state index contributed by atoms with van der Waals surface area (Å²) in [4.78, 5) is 24.0. The fourth-order valence-electron chi connectivity index (χ4n) is 2.70. The van der Waals surface area contributed by atoms with E-state index in [9.17, 15) is 14.7 Å². The fourth-order valence-corrected chi connectivity index (χ4v) is 2.70. The first-order chi connectivity index (χ1) is 12.1. The van der Waals surface area contributed by atoms with Crippen molar-refractivity contribution in [1.29, 1.82) is 0 Å². The Labute approximate surface area is 154 Å². The van der Waals surface area contributed by atoms with E-state index in [-0.39, 0.29) is 17.6 Å². The number of aliphatic carboxylic acids is 1. The molecule has 0 saturated carbocycles. The summed E-state index contributed by atoms with van der Waals surface area (Å²) in [6, 6.07) is 14.9. The van der Waals surface area contributed by atoms with Crippen LogP contribution in [0.15, 0.2) is 48.5 Å². The van der Waals surface area contributed by atoms with Gasteiger partial charge in [0.15, 0.2) is 11.4 Å². The largest absolute Gasteiger partial charge is 0.478 e. The van der Waals surface area contributed by atoms with E-state index in [1.54, 1.807) is 6.07 Å². The van der Waals surface area contributed by atoms with E-state index in [1.807, 2.05) is 63.2 Å². The van der Waals surface area contributed by atoms with Gasteiger partial charge in [0, 0.05) is 11.5 Å². The van der Waals surface area contributed by atoms with Crippen molar-refractivity contribution in [1.82, 2.24) is 0 Å². The van der Waals surface area contributed by atoms with Gasteiger partial charge in [0.05, 0.1) is 0 Å². The molecule has 26 heavy (non-hydrogen) atoms. The number of carbonyl (C=O) groups excluding carboxylic acids is 1. The second kappa shape index (κ2) is 7.73. The van der Waals surface area contributed by atoms with Gasteiger partial charge in [-0.25, -0.2) is 4.79 Å². The SMILES string of the molecule is Cc1ccc(C(=O)C(C)C(C)c2cccc(OC(C)(C)C(=O)O)c2)cc1. The van der Waals surface area contributed by atoms with Crippen LogP contribution in [0.2, 0.25) is 0 Å². The molecule has 0 aliphatic carbocycles. The van der Waals surface area contributed by atoms with Gasteiger partial charge in [-0.3, -0.25) is 4.79 Å². The molecule has 4 nitrogen and oxygen atoms in total. The van der Waals surface area contributed by atoms with E-state index in [2.05, 4.69) is 0 Å². The number of Topliss-reactive ketones (excluding diaryl/α,β-unsaturated/α-hetero) is 1. The number of benzene rings is 2. The van der Waals surface area contributed by atoms with Crippen molar-refractivity contribution in [2.45, 2.75) is 46.1 Å². The number of hydrogen-bond donors (Lipinski definition) is 1. The molecule has 0 saturated heterocycles. The Bertz CT molecular complexity index is 790. The minimum atomic E-state index is -1.31. The van der Waals surface area contributed by atoms with E-state index < -0.39 is 11.6 Å². The predicted molar refractivity (Wildman–Crippen MR) is 102 cm³/mol. The molecular weight excluding hydrogens is 328 g/mol. The van der Waals surface area contributed by atoms with Crippen molar-refractivity contribution in [3.05, 3.63) is 65.2 Å². The van der Waals surface area contributed by atoms with Gasteiger partial charge in [-0.2, -0.15) is 0 Å². The van der Waals surface area contributed by atoms with Crippen LogP contribution in [0.5, 0.6) is 5.75 Å². The number of carboxylic acids is 1. The summed E-state index contributed by atoms with van der Waals surface area (Å²) in [7, 11) is 0. The molecule has 0 amide bonds. The standard InChI is InChI=1S/C22H26O4/c1-14-9-11-17(12-10-14)20(23)16(3)15(2)18-7-6-8-19(13-18)26-22(4,5)21(24)25/h6-13,15-16H,1-5H3,(H,24,25). The number of ether oxygens (including phenoxy) is 1. The lowest BCUT2D eigenvalue weighted by Crippen LogP contribution is -2.37. The van der Waals surface area contributed by atoms with Crippen LogP contribution in [0.1, 0.15) is 55.1 Å². The third kappa shape index (κ3) is 4.51. The molecule has 138 valence electrons. The molecule has 0 aliphatic rings. The van der Waals surface area contributed by atoms with Gasteiger partial charge in [0.2, 0.25) is 0 Å². The van der Waals surface area contributed by atoms with E-state index in [4.69, 9.17) is 4.74 Å². The van der Waals surface area contributed by atoms with Crippen molar-refractivity contribution >= 4 is 11.8 Å². The highest BCUT2D eigenvalue weighted by Gasteiger charge is 2.30. The highest BCUT2D eigenvalue weighted by Crippen LogP contribution is 2.30. The van der Waals surface area contributed by atoms with E-state index in [0.717, 1.165) is 11.1 Å². The average Bonchev–Trinajstić information content (AvgIpc) is 2.60. The molecule has 0 aliphatic heterocycles. The Morgan fingerprint density at radius 2 is 1.65 bits per heavy atom. The van der Waals surface area contributed by atoms with E-state index in [0.29, 0.717) is 11.3 Å².